The molecule has 0 aliphatic rings. The Morgan fingerprint density at radius 2 is 2.11 bits per heavy atom. The molecule has 0 saturated heterocycles. The van der Waals surface area contributed by atoms with Crippen molar-refractivity contribution in [3.63, 3.8) is 0 Å². The maximum atomic E-state index is 11.2. The average Bonchev–Trinajstić information content (AvgIpc) is 2.63. The number of nitrogens with zero attached hydrogens (tertiary/aromatic N) is 2. The minimum Gasteiger partial charge on any atom is -0.496 e. The minimum atomic E-state index is -1.01. The van der Waals surface area contributed by atoms with E-state index >= 15 is 0 Å². The molecule has 0 fully saturated rings. The first-order valence-electron chi connectivity index (χ1n) is 8.80. The van der Waals surface area contributed by atoms with Gasteiger partial charge in [0.2, 0.25) is 5.95 Å². The number of nitrogens with two attached hydrogens (primary N) is 1. The van der Waals surface area contributed by atoms with Gasteiger partial charge in [-0.15, -0.1) is 0 Å². The molecule has 1 aromatic heterocycles. The van der Waals surface area contributed by atoms with Gasteiger partial charge in [-0.1, -0.05) is 19.4 Å². The molecular weight excluding hydrogens is 348 g/mol. The highest BCUT2D eigenvalue weighted by atomic mass is 16.5. The van der Waals surface area contributed by atoms with Gasteiger partial charge >= 0.3 is 5.97 Å². The van der Waals surface area contributed by atoms with Crippen LogP contribution >= 0.6 is 0 Å². The van der Waals surface area contributed by atoms with Crippen molar-refractivity contribution in [1.29, 1.82) is 0 Å². The van der Waals surface area contributed by atoms with Crippen molar-refractivity contribution in [3.05, 3.63) is 40.6 Å². The van der Waals surface area contributed by atoms with Crippen LogP contribution < -0.4 is 15.8 Å². The van der Waals surface area contributed by atoms with Gasteiger partial charge in [0.05, 0.1) is 25.3 Å². The molecule has 146 valence electrons. The molecule has 1 heterocycles. The van der Waals surface area contributed by atoms with E-state index in [9.17, 15) is 9.90 Å². The summed E-state index contributed by atoms with van der Waals surface area (Å²) in [5.41, 5.74) is 8.30. The van der Waals surface area contributed by atoms with Crippen LogP contribution in [-0.2, 0) is 6.42 Å². The molecule has 1 unspecified atom stereocenters. The fraction of sp³-hybridized carbons (Fsp3) is 0.421. The molecule has 0 aliphatic carbocycles. The molecule has 2 aromatic rings. The van der Waals surface area contributed by atoms with Gasteiger partial charge < -0.3 is 26.0 Å². The van der Waals surface area contributed by atoms with Gasteiger partial charge in [0.25, 0.3) is 0 Å². The summed E-state index contributed by atoms with van der Waals surface area (Å²) in [6.45, 7) is 3.86. The van der Waals surface area contributed by atoms with E-state index in [0.717, 1.165) is 24.0 Å². The summed E-state index contributed by atoms with van der Waals surface area (Å²) in [4.78, 5) is 19.7. The number of carbonyl (C=O) groups is 1. The van der Waals surface area contributed by atoms with Crippen molar-refractivity contribution >= 4 is 17.7 Å². The standard InChI is InChI=1S/C19H26N4O4/c1-4-5-14(10-24)22-17-15(11(2)21-19(20)23-17)8-12-6-7-13(18(25)26)9-16(12)27-3/h6-7,9,14,24H,4-5,8,10H2,1-3H3,(H,25,26)(H3,20,21,22,23). The third-order valence-electron chi connectivity index (χ3n) is 4.33. The number of carboxylic acid groups (broad SMARTS) is 1. The number of aliphatic hydroxyl groups is 1. The fourth-order valence-electron chi connectivity index (χ4n) is 2.91. The zero-order chi connectivity index (χ0) is 20.0. The van der Waals surface area contributed by atoms with E-state index in [1.54, 1.807) is 6.07 Å². The fourth-order valence-corrected chi connectivity index (χ4v) is 2.91. The lowest BCUT2D eigenvalue weighted by Crippen LogP contribution is -2.25. The topological polar surface area (TPSA) is 131 Å². The van der Waals surface area contributed by atoms with Crippen LogP contribution in [0.25, 0.3) is 0 Å². The highest BCUT2D eigenvalue weighted by Gasteiger charge is 2.17. The maximum absolute atomic E-state index is 11.2. The number of ether oxygens (including phenoxy) is 1. The first-order valence-corrected chi connectivity index (χ1v) is 8.80. The Morgan fingerprint density at radius 1 is 1.37 bits per heavy atom. The lowest BCUT2D eigenvalue weighted by atomic mass is 10.0. The van der Waals surface area contributed by atoms with Crippen molar-refractivity contribution in [3.8, 4) is 5.75 Å². The Labute approximate surface area is 158 Å². The number of carboxylic acids is 1. The number of hydrogen-bond donors (Lipinski definition) is 4. The second-order valence-electron chi connectivity index (χ2n) is 6.32. The van der Waals surface area contributed by atoms with Crippen molar-refractivity contribution in [2.75, 3.05) is 24.8 Å². The van der Waals surface area contributed by atoms with Gasteiger partial charge in [-0.3, -0.25) is 0 Å². The first kappa shape index (κ1) is 20.4. The molecule has 8 nitrogen and oxygen atoms in total. The molecule has 0 spiro atoms. The zero-order valence-corrected chi connectivity index (χ0v) is 15.8. The molecule has 5 N–H and O–H groups in total. The Balaban J connectivity index is 2.42. The van der Waals surface area contributed by atoms with E-state index in [0.29, 0.717) is 23.7 Å². The smallest absolute Gasteiger partial charge is 0.335 e. The minimum absolute atomic E-state index is 0.0210. The van der Waals surface area contributed by atoms with E-state index in [1.165, 1.54) is 19.2 Å². The lowest BCUT2D eigenvalue weighted by Gasteiger charge is -2.20. The average molecular weight is 374 g/mol. The SMILES string of the molecule is CCCC(CO)Nc1nc(N)nc(C)c1Cc1ccc(C(=O)O)cc1OC. The summed E-state index contributed by atoms with van der Waals surface area (Å²) >= 11 is 0. The van der Waals surface area contributed by atoms with Crippen LogP contribution in [0.5, 0.6) is 5.75 Å². The number of nitrogens with one attached hydrogen (secondary N) is 1. The van der Waals surface area contributed by atoms with Gasteiger partial charge in [0.1, 0.15) is 11.6 Å². The number of nitrogen functional groups attached to an aromatic ring is 1. The largest absolute Gasteiger partial charge is 0.496 e. The number of aliphatic hydroxyl groups excluding tert-OH is 1. The highest BCUT2D eigenvalue weighted by Crippen LogP contribution is 2.28. The van der Waals surface area contributed by atoms with Crippen molar-refractivity contribution in [2.24, 2.45) is 0 Å². The zero-order valence-electron chi connectivity index (χ0n) is 15.8. The van der Waals surface area contributed by atoms with Crippen LogP contribution in [0.3, 0.4) is 0 Å². The monoisotopic (exact) mass is 374 g/mol. The van der Waals surface area contributed by atoms with Crippen LogP contribution in [0, 0.1) is 6.92 Å². The predicted molar refractivity (Wildman–Crippen MR) is 103 cm³/mol. The first-order chi connectivity index (χ1) is 12.9. The molecule has 0 amide bonds. The van der Waals surface area contributed by atoms with Gasteiger partial charge in [-0.25, -0.2) is 9.78 Å². The predicted octanol–water partition coefficient (Wildman–Crippen LogP) is 2.24. The second-order valence-corrected chi connectivity index (χ2v) is 6.32. The summed E-state index contributed by atoms with van der Waals surface area (Å²) in [5, 5.41) is 22.0. The number of hydrogen-bond acceptors (Lipinski definition) is 7. The summed E-state index contributed by atoms with van der Waals surface area (Å²) in [6.07, 6.45) is 2.13. The second kappa shape index (κ2) is 9.18. The number of anilines is 2. The molecule has 0 saturated carbocycles. The molecule has 0 radical (unpaired) electrons. The van der Waals surface area contributed by atoms with Crippen LogP contribution in [0.4, 0.5) is 11.8 Å². The summed E-state index contributed by atoms with van der Waals surface area (Å²) in [5.74, 6) is 0.181. The molecule has 2 rings (SSSR count). The van der Waals surface area contributed by atoms with E-state index in [4.69, 9.17) is 15.6 Å². The van der Waals surface area contributed by atoms with Gasteiger partial charge in [-0.05, 0) is 31.0 Å². The summed E-state index contributed by atoms with van der Waals surface area (Å²) < 4.78 is 5.36. The lowest BCUT2D eigenvalue weighted by molar-refractivity contribution is 0.0696. The van der Waals surface area contributed by atoms with Crippen molar-refractivity contribution < 1.29 is 19.7 Å². The molecule has 1 atom stereocenters. The highest BCUT2D eigenvalue weighted by molar-refractivity contribution is 5.88. The normalized spacial score (nSPS) is 11.9. The van der Waals surface area contributed by atoms with Crippen LogP contribution in [0.1, 0.15) is 46.9 Å². The number of aryl methyl sites for hydroxylation is 1. The third-order valence-corrected chi connectivity index (χ3v) is 4.33. The molecule has 0 aliphatic heterocycles. The van der Waals surface area contributed by atoms with Crippen LogP contribution in [0.2, 0.25) is 0 Å². The van der Waals surface area contributed by atoms with Crippen LogP contribution in [0.15, 0.2) is 18.2 Å². The molecule has 0 bridgehead atoms. The number of aromatic nitrogens is 2. The molecule has 27 heavy (non-hydrogen) atoms. The third kappa shape index (κ3) is 5.07. The number of benzene rings is 1. The van der Waals surface area contributed by atoms with Gasteiger partial charge in [0.15, 0.2) is 0 Å². The number of methoxy groups -OCH3 is 1. The molecular formula is C19H26N4O4. The quantitative estimate of drug-likeness (QED) is 0.526. The van der Waals surface area contributed by atoms with Crippen molar-refractivity contribution in [2.45, 2.75) is 39.2 Å². The molecule has 1 aromatic carbocycles. The van der Waals surface area contributed by atoms with E-state index in [2.05, 4.69) is 15.3 Å². The summed E-state index contributed by atoms with van der Waals surface area (Å²) in [7, 11) is 1.50. The van der Waals surface area contributed by atoms with Crippen molar-refractivity contribution in [1.82, 2.24) is 9.97 Å². The number of rotatable bonds is 9. The van der Waals surface area contributed by atoms with E-state index in [-0.39, 0.29) is 24.2 Å². The maximum Gasteiger partial charge on any atom is 0.335 e. The summed E-state index contributed by atoms with van der Waals surface area (Å²) in [6, 6.07) is 4.61. The van der Waals surface area contributed by atoms with Crippen LogP contribution in [-0.4, -0.2) is 45.9 Å². The Kier molecular flexibility index (Phi) is 6.95. The van der Waals surface area contributed by atoms with Gasteiger partial charge in [0, 0.05) is 17.7 Å². The Morgan fingerprint density at radius 3 is 2.70 bits per heavy atom. The molecule has 8 heteroatoms. The van der Waals surface area contributed by atoms with Gasteiger partial charge in [-0.2, -0.15) is 4.98 Å². The van der Waals surface area contributed by atoms with E-state index < -0.39 is 5.97 Å². The van der Waals surface area contributed by atoms with E-state index in [1.807, 2.05) is 13.8 Å². The Hall–Kier alpha value is -2.87. The Bertz CT molecular complexity index is 811. The number of aromatic carboxylic acids is 1.